The van der Waals surface area contributed by atoms with Crippen molar-refractivity contribution in [3.8, 4) is 11.4 Å². The number of nitrogens with two attached hydrogens (primary N) is 1. The van der Waals surface area contributed by atoms with Crippen LogP contribution in [0, 0.1) is 0 Å². The average Bonchev–Trinajstić information content (AvgIpc) is 2.86. The summed E-state index contributed by atoms with van der Waals surface area (Å²) in [6, 6.07) is 5.33. The van der Waals surface area contributed by atoms with Gasteiger partial charge in [0.2, 0.25) is 0 Å². The number of amides is 1. The zero-order valence-electron chi connectivity index (χ0n) is 7.24. The number of carbonyl (C=O) groups excluding carboxylic acids is 1. The van der Waals surface area contributed by atoms with E-state index >= 15 is 0 Å². The van der Waals surface area contributed by atoms with Crippen LogP contribution in [0.3, 0.4) is 0 Å². The van der Waals surface area contributed by atoms with E-state index < -0.39 is 5.91 Å². The molecule has 0 aliphatic rings. The number of H-pyrrole nitrogens is 2. The third kappa shape index (κ3) is 1.38. The van der Waals surface area contributed by atoms with E-state index in [2.05, 4.69) is 15.2 Å². The van der Waals surface area contributed by atoms with Crippen LogP contribution in [0.15, 0.2) is 24.4 Å². The maximum Gasteiger partial charge on any atom is 0.283 e. The van der Waals surface area contributed by atoms with E-state index in [1.54, 1.807) is 12.3 Å². The number of carbonyl (C=O) groups is 1. The minimum absolute atomic E-state index is 0.331. The number of hydrazine groups is 1. The molecule has 0 radical (unpaired) electrons. The van der Waals surface area contributed by atoms with Gasteiger partial charge in [-0.3, -0.25) is 15.3 Å². The highest BCUT2D eigenvalue weighted by Crippen LogP contribution is 2.14. The fraction of sp³-hybridized carbons (Fsp3) is 0. The predicted octanol–water partition coefficient (Wildman–Crippen LogP) is 0.00830. The second-order valence-corrected chi connectivity index (χ2v) is 2.72. The first kappa shape index (κ1) is 8.52. The molecule has 2 aromatic rings. The summed E-state index contributed by atoms with van der Waals surface area (Å²) in [5.74, 6) is 4.58. The SMILES string of the molecule is NNC(=O)c1cc(-c2ccc[nH]2)n[nH]1. The summed E-state index contributed by atoms with van der Waals surface area (Å²) in [7, 11) is 0. The number of nitrogens with one attached hydrogen (secondary N) is 3. The summed E-state index contributed by atoms with van der Waals surface area (Å²) in [5.41, 5.74) is 3.87. The molecule has 6 nitrogen and oxygen atoms in total. The summed E-state index contributed by atoms with van der Waals surface area (Å²) in [4.78, 5) is 14.1. The van der Waals surface area contributed by atoms with E-state index in [0.717, 1.165) is 5.69 Å². The molecule has 2 heterocycles. The van der Waals surface area contributed by atoms with Gasteiger partial charge in [-0.15, -0.1) is 0 Å². The van der Waals surface area contributed by atoms with Gasteiger partial charge in [0.15, 0.2) is 0 Å². The molecule has 0 bridgehead atoms. The molecular weight excluding hydrogens is 182 g/mol. The van der Waals surface area contributed by atoms with E-state index in [4.69, 9.17) is 5.84 Å². The van der Waals surface area contributed by atoms with Crippen molar-refractivity contribution in [2.24, 2.45) is 5.84 Å². The molecule has 0 unspecified atom stereocenters. The third-order valence-electron chi connectivity index (χ3n) is 1.83. The largest absolute Gasteiger partial charge is 0.360 e. The highest BCUT2D eigenvalue weighted by molar-refractivity contribution is 5.92. The molecule has 2 rings (SSSR count). The summed E-state index contributed by atoms with van der Waals surface area (Å²) in [6.45, 7) is 0. The Morgan fingerprint density at radius 3 is 3.07 bits per heavy atom. The second-order valence-electron chi connectivity index (χ2n) is 2.72. The first-order valence-corrected chi connectivity index (χ1v) is 4.01. The number of aromatic nitrogens is 3. The Labute approximate surface area is 79.5 Å². The molecule has 1 amide bonds. The minimum Gasteiger partial charge on any atom is -0.360 e. The highest BCUT2D eigenvalue weighted by atomic mass is 16.2. The number of nitrogens with zero attached hydrogens (tertiary/aromatic N) is 1. The van der Waals surface area contributed by atoms with E-state index in [-0.39, 0.29) is 0 Å². The zero-order chi connectivity index (χ0) is 9.97. The van der Waals surface area contributed by atoms with Crippen LogP contribution in [-0.4, -0.2) is 21.1 Å². The minimum atomic E-state index is -0.393. The van der Waals surface area contributed by atoms with Gasteiger partial charge in [-0.25, -0.2) is 5.84 Å². The Morgan fingerprint density at radius 2 is 2.43 bits per heavy atom. The van der Waals surface area contributed by atoms with Crippen LogP contribution in [0.25, 0.3) is 11.4 Å². The van der Waals surface area contributed by atoms with Gasteiger partial charge < -0.3 is 4.98 Å². The number of hydrogen-bond donors (Lipinski definition) is 4. The molecule has 6 heteroatoms. The molecule has 5 N–H and O–H groups in total. The lowest BCUT2D eigenvalue weighted by atomic mass is 10.3. The first-order chi connectivity index (χ1) is 6.81. The van der Waals surface area contributed by atoms with Crippen molar-refractivity contribution in [2.45, 2.75) is 0 Å². The second kappa shape index (κ2) is 3.35. The topological polar surface area (TPSA) is 99.6 Å². The van der Waals surface area contributed by atoms with Gasteiger partial charge in [-0.05, 0) is 18.2 Å². The van der Waals surface area contributed by atoms with Gasteiger partial charge in [-0.2, -0.15) is 5.10 Å². The quantitative estimate of drug-likeness (QED) is 0.305. The molecule has 0 aromatic carbocycles. The molecule has 0 atom stereocenters. The Balaban J connectivity index is 2.31. The zero-order valence-corrected chi connectivity index (χ0v) is 7.24. The van der Waals surface area contributed by atoms with Crippen LogP contribution in [0.2, 0.25) is 0 Å². The van der Waals surface area contributed by atoms with Crippen LogP contribution in [-0.2, 0) is 0 Å². The lowest BCUT2D eigenvalue weighted by molar-refractivity contribution is 0.0948. The van der Waals surface area contributed by atoms with Gasteiger partial charge in [0.05, 0.1) is 5.69 Å². The van der Waals surface area contributed by atoms with Crippen molar-refractivity contribution < 1.29 is 4.79 Å². The summed E-state index contributed by atoms with van der Waals surface area (Å²) < 4.78 is 0. The fourth-order valence-electron chi connectivity index (χ4n) is 1.14. The summed E-state index contributed by atoms with van der Waals surface area (Å²) >= 11 is 0. The van der Waals surface area contributed by atoms with Crippen molar-refractivity contribution in [3.05, 3.63) is 30.1 Å². The molecule has 72 valence electrons. The van der Waals surface area contributed by atoms with Crippen molar-refractivity contribution in [2.75, 3.05) is 0 Å². The Hall–Kier alpha value is -2.08. The molecule has 14 heavy (non-hydrogen) atoms. The lowest BCUT2D eigenvalue weighted by Gasteiger charge is -1.91. The van der Waals surface area contributed by atoms with Gasteiger partial charge >= 0.3 is 0 Å². The van der Waals surface area contributed by atoms with E-state index in [0.29, 0.717) is 11.4 Å². The van der Waals surface area contributed by atoms with Crippen LogP contribution in [0.5, 0.6) is 0 Å². The molecule has 0 fully saturated rings. The smallest absolute Gasteiger partial charge is 0.283 e. The monoisotopic (exact) mass is 191 g/mol. The summed E-state index contributed by atoms with van der Waals surface area (Å²) in [5, 5.41) is 6.54. The normalized spacial score (nSPS) is 10.1. The molecule has 0 spiro atoms. The molecule has 0 saturated carbocycles. The Bertz CT molecular complexity index is 430. The third-order valence-corrected chi connectivity index (χ3v) is 1.83. The molecule has 0 aliphatic heterocycles. The van der Waals surface area contributed by atoms with E-state index in [1.165, 1.54) is 0 Å². The summed E-state index contributed by atoms with van der Waals surface area (Å²) in [6.07, 6.45) is 1.78. The lowest BCUT2D eigenvalue weighted by Crippen LogP contribution is -2.30. The molecule has 2 aromatic heterocycles. The van der Waals surface area contributed by atoms with Crippen molar-refractivity contribution in [1.29, 1.82) is 0 Å². The molecule has 0 saturated heterocycles. The number of rotatable bonds is 2. The van der Waals surface area contributed by atoms with Gasteiger partial charge in [-0.1, -0.05) is 0 Å². The Kier molecular flexibility index (Phi) is 2.04. The van der Waals surface area contributed by atoms with Crippen LogP contribution in [0.4, 0.5) is 0 Å². The van der Waals surface area contributed by atoms with Crippen LogP contribution >= 0.6 is 0 Å². The van der Waals surface area contributed by atoms with Gasteiger partial charge in [0, 0.05) is 6.20 Å². The maximum atomic E-state index is 11.1. The maximum absolute atomic E-state index is 11.1. The van der Waals surface area contributed by atoms with Crippen molar-refractivity contribution >= 4 is 5.91 Å². The van der Waals surface area contributed by atoms with Gasteiger partial charge in [0.25, 0.3) is 5.91 Å². The standard InChI is InChI=1S/C8H9N5O/c9-11-8(14)7-4-6(12-13-7)5-2-1-3-10-5/h1-4,10H,9H2,(H,11,14)(H,12,13). The number of hydrogen-bond acceptors (Lipinski definition) is 3. The fourth-order valence-corrected chi connectivity index (χ4v) is 1.14. The molecule has 0 aliphatic carbocycles. The molecular formula is C8H9N5O. The average molecular weight is 191 g/mol. The van der Waals surface area contributed by atoms with Crippen molar-refractivity contribution in [1.82, 2.24) is 20.6 Å². The first-order valence-electron chi connectivity index (χ1n) is 4.01. The van der Waals surface area contributed by atoms with Gasteiger partial charge in [0.1, 0.15) is 11.4 Å². The van der Waals surface area contributed by atoms with E-state index in [1.807, 2.05) is 17.6 Å². The van der Waals surface area contributed by atoms with E-state index in [9.17, 15) is 4.79 Å². The van der Waals surface area contributed by atoms with Crippen LogP contribution < -0.4 is 11.3 Å². The van der Waals surface area contributed by atoms with Crippen LogP contribution in [0.1, 0.15) is 10.5 Å². The highest BCUT2D eigenvalue weighted by Gasteiger charge is 2.09. The number of nitrogen functional groups attached to an aromatic ring is 1. The number of aromatic amines is 2. The predicted molar refractivity (Wildman–Crippen MR) is 50.0 cm³/mol. The van der Waals surface area contributed by atoms with Crippen molar-refractivity contribution in [3.63, 3.8) is 0 Å². The Morgan fingerprint density at radius 1 is 1.57 bits per heavy atom.